The highest BCUT2D eigenvalue weighted by atomic mass is 16.5. The van der Waals surface area contributed by atoms with Gasteiger partial charge < -0.3 is 19.9 Å². The molecule has 146 valence electrons. The number of benzene rings is 2. The van der Waals surface area contributed by atoms with E-state index in [2.05, 4.69) is 10.2 Å². The Bertz CT molecular complexity index is 877. The molecule has 1 N–H and O–H groups in total. The van der Waals surface area contributed by atoms with Crippen molar-refractivity contribution >= 4 is 28.9 Å². The van der Waals surface area contributed by atoms with E-state index in [0.717, 1.165) is 35.7 Å². The Morgan fingerprint density at radius 1 is 1.11 bits per heavy atom. The Morgan fingerprint density at radius 3 is 2.68 bits per heavy atom. The molecule has 2 aromatic carbocycles. The van der Waals surface area contributed by atoms with Gasteiger partial charge in [-0.15, -0.1) is 0 Å². The second kappa shape index (κ2) is 8.02. The monoisotopic (exact) mass is 379 g/mol. The average Bonchev–Trinajstić information content (AvgIpc) is 3.11. The first-order chi connectivity index (χ1) is 13.6. The molecule has 2 aliphatic heterocycles. The molecule has 0 aromatic heterocycles. The number of aryl methyl sites for hydroxylation is 1. The second-order valence-electron chi connectivity index (χ2n) is 7.35. The summed E-state index contributed by atoms with van der Waals surface area (Å²) in [6.07, 6.45) is 0.236. The number of rotatable bonds is 4. The fourth-order valence-electron chi connectivity index (χ4n) is 3.82. The van der Waals surface area contributed by atoms with Crippen LogP contribution in [0.3, 0.4) is 0 Å². The average molecular weight is 379 g/mol. The van der Waals surface area contributed by atoms with Gasteiger partial charge in [0.1, 0.15) is 0 Å². The van der Waals surface area contributed by atoms with E-state index in [4.69, 9.17) is 4.74 Å². The van der Waals surface area contributed by atoms with E-state index in [1.54, 1.807) is 4.90 Å². The summed E-state index contributed by atoms with van der Waals surface area (Å²) in [6.45, 7) is 5.38. The number of anilines is 3. The number of morpholine rings is 1. The number of nitrogens with zero attached hydrogens (tertiary/aromatic N) is 2. The lowest BCUT2D eigenvalue weighted by atomic mass is 10.1. The quantitative estimate of drug-likeness (QED) is 0.887. The van der Waals surface area contributed by atoms with E-state index in [1.807, 2.05) is 55.5 Å². The van der Waals surface area contributed by atoms with E-state index in [1.165, 1.54) is 0 Å². The van der Waals surface area contributed by atoms with Gasteiger partial charge in [-0.3, -0.25) is 9.59 Å². The van der Waals surface area contributed by atoms with Crippen LogP contribution in [0.25, 0.3) is 0 Å². The van der Waals surface area contributed by atoms with Crippen LogP contribution in [0.15, 0.2) is 48.5 Å². The van der Waals surface area contributed by atoms with Crippen molar-refractivity contribution in [3.8, 4) is 0 Å². The minimum absolute atomic E-state index is 0.00721. The number of hydrogen-bond donors (Lipinski definition) is 1. The Hall–Kier alpha value is -2.86. The lowest BCUT2D eigenvalue weighted by Crippen LogP contribution is -2.37. The summed E-state index contributed by atoms with van der Waals surface area (Å²) in [5, 5.41) is 3.05. The van der Waals surface area contributed by atoms with E-state index < -0.39 is 0 Å². The Labute approximate surface area is 165 Å². The van der Waals surface area contributed by atoms with Crippen molar-refractivity contribution in [2.45, 2.75) is 13.3 Å². The molecular weight excluding hydrogens is 354 g/mol. The number of carbonyl (C=O) groups excluding carboxylic acids is 2. The molecule has 2 fully saturated rings. The van der Waals surface area contributed by atoms with Crippen molar-refractivity contribution in [1.29, 1.82) is 0 Å². The smallest absolute Gasteiger partial charge is 0.229 e. The second-order valence-corrected chi connectivity index (χ2v) is 7.35. The van der Waals surface area contributed by atoms with E-state index in [-0.39, 0.29) is 24.2 Å². The molecular formula is C22H25N3O3. The van der Waals surface area contributed by atoms with Gasteiger partial charge in [0.05, 0.1) is 30.5 Å². The van der Waals surface area contributed by atoms with Crippen molar-refractivity contribution < 1.29 is 14.3 Å². The predicted molar refractivity (Wildman–Crippen MR) is 110 cm³/mol. The number of amides is 2. The highest BCUT2D eigenvalue weighted by molar-refractivity contribution is 6.04. The maximum absolute atomic E-state index is 12.9. The van der Waals surface area contributed by atoms with Crippen molar-refractivity contribution in [3.63, 3.8) is 0 Å². The highest BCUT2D eigenvalue weighted by Crippen LogP contribution is 2.30. The van der Waals surface area contributed by atoms with Crippen LogP contribution in [0.1, 0.15) is 12.0 Å². The minimum atomic E-state index is -0.356. The Kier molecular flexibility index (Phi) is 5.30. The Morgan fingerprint density at radius 2 is 1.89 bits per heavy atom. The fraction of sp³-hybridized carbons (Fsp3) is 0.364. The molecule has 0 radical (unpaired) electrons. The number of carbonyl (C=O) groups is 2. The zero-order valence-electron chi connectivity index (χ0n) is 16.1. The first-order valence-corrected chi connectivity index (χ1v) is 9.71. The summed E-state index contributed by atoms with van der Waals surface area (Å²) in [5.41, 5.74) is 3.74. The van der Waals surface area contributed by atoms with Crippen LogP contribution in [0.5, 0.6) is 0 Å². The molecule has 2 amide bonds. The number of ether oxygens (including phenoxy) is 1. The summed E-state index contributed by atoms with van der Waals surface area (Å²) in [5.74, 6) is -0.470. The summed E-state index contributed by atoms with van der Waals surface area (Å²) >= 11 is 0. The molecule has 4 rings (SSSR count). The molecule has 0 bridgehead atoms. The standard InChI is InChI=1S/C22H25N3O3/c1-16-5-4-6-18(13-16)25-15-17(14-21(25)26)22(27)23-19-7-2-3-8-20(19)24-9-11-28-12-10-24/h2-8,13,17H,9-12,14-15H2,1H3,(H,23,27). The van der Waals surface area contributed by atoms with Gasteiger partial charge in [0.15, 0.2) is 0 Å². The van der Waals surface area contributed by atoms with E-state index in [9.17, 15) is 9.59 Å². The molecule has 2 aromatic rings. The van der Waals surface area contributed by atoms with Gasteiger partial charge in [0.25, 0.3) is 0 Å². The molecule has 28 heavy (non-hydrogen) atoms. The van der Waals surface area contributed by atoms with Crippen molar-refractivity contribution in [2.75, 3.05) is 48.0 Å². The van der Waals surface area contributed by atoms with Crippen LogP contribution in [0.2, 0.25) is 0 Å². The van der Waals surface area contributed by atoms with Gasteiger partial charge in [-0.05, 0) is 36.8 Å². The number of hydrogen-bond acceptors (Lipinski definition) is 4. The van der Waals surface area contributed by atoms with Crippen molar-refractivity contribution in [3.05, 3.63) is 54.1 Å². The van der Waals surface area contributed by atoms with Crippen LogP contribution in [-0.4, -0.2) is 44.7 Å². The molecule has 2 aliphatic rings. The van der Waals surface area contributed by atoms with E-state index in [0.29, 0.717) is 19.8 Å². The predicted octanol–water partition coefficient (Wildman–Crippen LogP) is 2.82. The number of para-hydroxylation sites is 2. The zero-order chi connectivity index (χ0) is 19.5. The SMILES string of the molecule is Cc1cccc(N2CC(C(=O)Nc3ccccc3N3CCOCC3)CC2=O)c1. The first kappa shape index (κ1) is 18.5. The molecule has 0 saturated carbocycles. The van der Waals surface area contributed by atoms with Crippen LogP contribution in [-0.2, 0) is 14.3 Å². The molecule has 1 unspecified atom stereocenters. The van der Waals surface area contributed by atoms with Crippen molar-refractivity contribution in [2.24, 2.45) is 5.92 Å². The van der Waals surface area contributed by atoms with Crippen LogP contribution < -0.4 is 15.1 Å². The third kappa shape index (κ3) is 3.87. The lowest BCUT2D eigenvalue weighted by molar-refractivity contribution is -0.122. The largest absolute Gasteiger partial charge is 0.378 e. The zero-order valence-corrected chi connectivity index (χ0v) is 16.1. The fourth-order valence-corrected chi connectivity index (χ4v) is 3.82. The topological polar surface area (TPSA) is 61.9 Å². The Balaban J connectivity index is 1.47. The molecule has 6 heteroatoms. The molecule has 0 aliphatic carbocycles. The van der Waals surface area contributed by atoms with Gasteiger partial charge >= 0.3 is 0 Å². The maximum atomic E-state index is 12.9. The van der Waals surface area contributed by atoms with Gasteiger partial charge in [0, 0.05) is 31.7 Å². The first-order valence-electron chi connectivity index (χ1n) is 9.71. The van der Waals surface area contributed by atoms with Crippen molar-refractivity contribution in [1.82, 2.24) is 0 Å². The minimum Gasteiger partial charge on any atom is -0.378 e. The van der Waals surface area contributed by atoms with Gasteiger partial charge in [-0.1, -0.05) is 24.3 Å². The number of nitrogens with one attached hydrogen (secondary N) is 1. The molecule has 2 heterocycles. The maximum Gasteiger partial charge on any atom is 0.229 e. The lowest BCUT2D eigenvalue weighted by Gasteiger charge is -2.30. The third-order valence-corrected chi connectivity index (χ3v) is 5.32. The summed E-state index contributed by atoms with van der Waals surface area (Å²) in [7, 11) is 0. The van der Waals surface area contributed by atoms with Gasteiger partial charge in [-0.2, -0.15) is 0 Å². The molecule has 0 spiro atoms. The highest BCUT2D eigenvalue weighted by Gasteiger charge is 2.35. The third-order valence-electron chi connectivity index (χ3n) is 5.32. The van der Waals surface area contributed by atoms with Gasteiger partial charge in [0.2, 0.25) is 11.8 Å². The molecule has 1 atom stereocenters. The normalized spacial score (nSPS) is 19.8. The van der Waals surface area contributed by atoms with Crippen LogP contribution in [0, 0.1) is 12.8 Å². The van der Waals surface area contributed by atoms with Crippen LogP contribution in [0.4, 0.5) is 17.1 Å². The summed E-state index contributed by atoms with van der Waals surface area (Å²) in [4.78, 5) is 29.3. The van der Waals surface area contributed by atoms with Gasteiger partial charge in [-0.25, -0.2) is 0 Å². The summed E-state index contributed by atoms with van der Waals surface area (Å²) < 4.78 is 5.43. The molecule has 2 saturated heterocycles. The van der Waals surface area contributed by atoms with E-state index >= 15 is 0 Å². The van der Waals surface area contributed by atoms with Crippen LogP contribution >= 0.6 is 0 Å². The summed E-state index contributed by atoms with van der Waals surface area (Å²) in [6, 6.07) is 15.6. The molecule has 6 nitrogen and oxygen atoms in total.